The maximum atomic E-state index is 12.1. The van der Waals surface area contributed by atoms with E-state index in [1.165, 1.54) is 22.6 Å². The molecule has 2 aromatic heterocycles. The first-order chi connectivity index (χ1) is 14.6. The van der Waals surface area contributed by atoms with Gasteiger partial charge < -0.3 is 16.0 Å². The lowest BCUT2D eigenvalue weighted by Crippen LogP contribution is -2.33. The molecule has 30 heavy (non-hydrogen) atoms. The second-order valence-electron chi connectivity index (χ2n) is 6.39. The maximum Gasteiger partial charge on any atom is 0.323 e. The van der Waals surface area contributed by atoms with Gasteiger partial charge in [-0.2, -0.15) is 5.10 Å². The lowest BCUT2D eigenvalue weighted by molar-refractivity contribution is -0.123. The predicted molar refractivity (Wildman–Crippen MR) is 110 cm³/mol. The fourth-order valence-electron chi connectivity index (χ4n) is 2.81. The van der Waals surface area contributed by atoms with Crippen LogP contribution >= 0.6 is 11.3 Å². The summed E-state index contributed by atoms with van der Waals surface area (Å²) in [7, 11) is 0. The van der Waals surface area contributed by atoms with E-state index in [1.54, 1.807) is 40.7 Å². The number of carbonyl (C=O) groups excluding carboxylic acids is 3. The van der Waals surface area contributed by atoms with Crippen molar-refractivity contribution < 1.29 is 14.4 Å². The Bertz CT molecular complexity index is 1050. The summed E-state index contributed by atoms with van der Waals surface area (Å²) in [5.41, 5.74) is 1.97. The Hall–Kier alpha value is -3.80. The third-order valence-corrected chi connectivity index (χ3v) is 5.16. The zero-order valence-electron chi connectivity index (χ0n) is 15.7. The largest absolute Gasteiger partial charge is 0.347 e. The highest BCUT2D eigenvalue weighted by atomic mass is 32.1. The summed E-state index contributed by atoms with van der Waals surface area (Å²) >= 11 is 1.30. The maximum absolute atomic E-state index is 12.1. The highest BCUT2D eigenvalue weighted by Crippen LogP contribution is 2.22. The molecule has 0 spiro atoms. The number of amides is 4. The summed E-state index contributed by atoms with van der Waals surface area (Å²) in [5, 5.41) is 14.3. The van der Waals surface area contributed by atoms with Crippen LogP contribution in [0.15, 0.2) is 42.3 Å². The third-order valence-electron chi connectivity index (χ3n) is 4.25. The van der Waals surface area contributed by atoms with E-state index >= 15 is 0 Å². The molecule has 3 N–H and O–H groups in total. The molecule has 1 aliphatic heterocycles. The van der Waals surface area contributed by atoms with Crippen molar-refractivity contribution in [1.82, 2.24) is 30.4 Å². The molecule has 1 aromatic carbocycles. The Labute approximate surface area is 175 Å². The SMILES string of the molecule is O=C(Cc1csc(N2CCNC2=O)n1)NCC(=O)Nc1ccc(-n2cncn2)cc1. The average molecular weight is 426 g/mol. The molecule has 0 radical (unpaired) electrons. The second kappa shape index (κ2) is 8.69. The number of nitrogens with one attached hydrogen (secondary N) is 3. The van der Waals surface area contributed by atoms with Gasteiger partial charge in [0, 0.05) is 24.2 Å². The van der Waals surface area contributed by atoms with Gasteiger partial charge in [-0.3, -0.25) is 14.5 Å². The van der Waals surface area contributed by atoms with E-state index in [4.69, 9.17) is 0 Å². The lowest BCUT2D eigenvalue weighted by atomic mass is 10.3. The minimum Gasteiger partial charge on any atom is -0.347 e. The quantitative estimate of drug-likeness (QED) is 0.505. The number of hydrogen-bond donors (Lipinski definition) is 3. The van der Waals surface area contributed by atoms with E-state index in [1.807, 2.05) is 0 Å². The zero-order chi connectivity index (χ0) is 20.9. The number of carbonyl (C=O) groups is 3. The summed E-state index contributed by atoms with van der Waals surface area (Å²) < 4.78 is 1.60. The first-order valence-electron chi connectivity index (χ1n) is 9.10. The normalized spacial score (nSPS) is 13.2. The molecule has 4 rings (SSSR count). The van der Waals surface area contributed by atoms with Gasteiger partial charge in [0.25, 0.3) is 0 Å². The van der Waals surface area contributed by atoms with Crippen molar-refractivity contribution in [2.45, 2.75) is 6.42 Å². The van der Waals surface area contributed by atoms with E-state index in [2.05, 4.69) is 31.0 Å². The van der Waals surface area contributed by atoms with E-state index in [0.717, 1.165) is 5.69 Å². The van der Waals surface area contributed by atoms with Gasteiger partial charge in [0.1, 0.15) is 12.7 Å². The van der Waals surface area contributed by atoms with Crippen LogP contribution < -0.4 is 20.9 Å². The highest BCUT2D eigenvalue weighted by Gasteiger charge is 2.24. The molecule has 3 aromatic rings. The van der Waals surface area contributed by atoms with Crippen LogP contribution in [0, 0.1) is 0 Å². The first kappa shape index (κ1) is 19.5. The van der Waals surface area contributed by atoms with Crippen molar-refractivity contribution in [3.8, 4) is 5.69 Å². The van der Waals surface area contributed by atoms with Crippen molar-refractivity contribution in [3.63, 3.8) is 0 Å². The van der Waals surface area contributed by atoms with E-state index < -0.39 is 0 Å². The van der Waals surface area contributed by atoms with E-state index in [9.17, 15) is 14.4 Å². The smallest absolute Gasteiger partial charge is 0.323 e. The molecule has 1 saturated heterocycles. The molecule has 12 heteroatoms. The van der Waals surface area contributed by atoms with Crippen LogP contribution in [0.25, 0.3) is 5.69 Å². The predicted octanol–water partition coefficient (Wildman–Crippen LogP) is 0.551. The van der Waals surface area contributed by atoms with E-state index in [-0.39, 0.29) is 30.8 Å². The molecule has 0 atom stereocenters. The molecule has 0 saturated carbocycles. The van der Waals surface area contributed by atoms with Crippen molar-refractivity contribution in [2.75, 3.05) is 29.9 Å². The van der Waals surface area contributed by atoms with Crippen LogP contribution in [-0.2, 0) is 16.0 Å². The molecule has 1 fully saturated rings. The number of urea groups is 1. The Morgan fingerprint density at radius 3 is 2.73 bits per heavy atom. The minimum atomic E-state index is -0.343. The Balaban J connectivity index is 1.23. The number of anilines is 2. The lowest BCUT2D eigenvalue weighted by Gasteiger charge is -2.09. The summed E-state index contributed by atoms with van der Waals surface area (Å²) in [5.74, 6) is -0.668. The van der Waals surface area contributed by atoms with Gasteiger partial charge in [0.2, 0.25) is 11.8 Å². The number of thiazole rings is 1. The molecule has 0 unspecified atom stereocenters. The van der Waals surface area contributed by atoms with Crippen molar-refractivity contribution in [1.29, 1.82) is 0 Å². The summed E-state index contributed by atoms with van der Waals surface area (Å²) in [6, 6.07) is 6.88. The Kier molecular flexibility index (Phi) is 5.66. The third kappa shape index (κ3) is 4.60. The molecule has 1 aliphatic rings. The standard InChI is InChI=1S/C18H18N8O3S/c27-15(7-13-9-30-18(24-13)25-6-5-20-17(25)29)21-8-16(28)23-12-1-3-14(4-2-12)26-11-19-10-22-26/h1-4,9-11H,5-8H2,(H,20,29)(H,21,27)(H,23,28). The number of benzene rings is 1. The van der Waals surface area contributed by atoms with Gasteiger partial charge in [-0.25, -0.2) is 19.4 Å². The Morgan fingerprint density at radius 1 is 1.20 bits per heavy atom. The number of hydrogen-bond acceptors (Lipinski definition) is 7. The van der Waals surface area contributed by atoms with E-state index in [0.29, 0.717) is 29.6 Å². The number of aromatic nitrogens is 4. The van der Waals surface area contributed by atoms with Crippen LogP contribution in [0.4, 0.5) is 15.6 Å². The summed E-state index contributed by atoms with van der Waals surface area (Å²) in [6.45, 7) is 0.972. The first-order valence-corrected chi connectivity index (χ1v) is 9.98. The van der Waals surface area contributed by atoms with Gasteiger partial charge in [0.05, 0.1) is 24.3 Å². The molecule has 11 nitrogen and oxygen atoms in total. The molecular formula is C18H18N8O3S. The van der Waals surface area contributed by atoms with Gasteiger partial charge in [-0.05, 0) is 24.3 Å². The van der Waals surface area contributed by atoms with Crippen molar-refractivity contribution in [3.05, 3.63) is 48.0 Å². The molecule has 3 heterocycles. The molecule has 154 valence electrons. The number of rotatable bonds is 7. The monoisotopic (exact) mass is 426 g/mol. The fraction of sp³-hybridized carbons (Fsp3) is 0.222. The number of nitrogens with zero attached hydrogens (tertiary/aromatic N) is 5. The minimum absolute atomic E-state index is 0.0336. The Morgan fingerprint density at radius 2 is 2.03 bits per heavy atom. The molecule has 0 aliphatic carbocycles. The topological polar surface area (TPSA) is 134 Å². The second-order valence-corrected chi connectivity index (χ2v) is 7.23. The van der Waals surface area contributed by atoms with Crippen molar-refractivity contribution in [2.24, 2.45) is 0 Å². The summed E-state index contributed by atoms with van der Waals surface area (Å²) in [4.78, 5) is 45.6. The van der Waals surface area contributed by atoms with Gasteiger partial charge in [0.15, 0.2) is 5.13 Å². The summed E-state index contributed by atoms with van der Waals surface area (Å²) in [6.07, 6.45) is 3.05. The fourth-order valence-corrected chi connectivity index (χ4v) is 3.65. The van der Waals surface area contributed by atoms with Crippen LogP contribution in [0.3, 0.4) is 0 Å². The van der Waals surface area contributed by atoms with Gasteiger partial charge in [-0.15, -0.1) is 11.3 Å². The van der Waals surface area contributed by atoms with Gasteiger partial charge >= 0.3 is 6.03 Å². The van der Waals surface area contributed by atoms with Crippen LogP contribution in [-0.4, -0.2) is 57.2 Å². The molecular weight excluding hydrogens is 408 g/mol. The van der Waals surface area contributed by atoms with Crippen LogP contribution in [0.5, 0.6) is 0 Å². The van der Waals surface area contributed by atoms with Crippen LogP contribution in [0.2, 0.25) is 0 Å². The average Bonchev–Trinajstić information content (AvgIpc) is 3.49. The molecule has 4 amide bonds. The van der Waals surface area contributed by atoms with Crippen LogP contribution in [0.1, 0.15) is 5.69 Å². The van der Waals surface area contributed by atoms with Crippen molar-refractivity contribution >= 4 is 40.0 Å². The van der Waals surface area contributed by atoms with Gasteiger partial charge in [-0.1, -0.05) is 0 Å². The highest BCUT2D eigenvalue weighted by molar-refractivity contribution is 7.14. The molecule has 0 bridgehead atoms. The zero-order valence-corrected chi connectivity index (χ0v) is 16.6.